The van der Waals surface area contributed by atoms with E-state index in [0.29, 0.717) is 15.8 Å². The minimum Gasteiger partial charge on any atom is -0.496 e. The number of halogens is 1. The van der Waals surface area contributed by atoms with Crippen LogP contribution in [0.4, 0.5) is 15.6 Å². The van der Waals surface area contributed by atoms with Gasteiger partial charge in [0.25, 0.3) is 0 Å². The van der Waals surface area contributed by atoms with Crippen LogP contribution in [0, 0.1) is 6.92 Å². The lowest BCUT2D eigenvalue weighted by Crippen LogP contribution is -2.19. The third-order valence-corrected chi connectivity index (χ3v) is 4.62. The molecule has 1 heterocycles. The number of hydrogen-bond acceptors (Lipinski definition) is 4. The van der Waals surface area contributed by atoms with Crippen molar-refractivity contribution in [2.75, 3.05) is 17.7 Å². The van der Waals surface area contributed by atoms with E-state index in [4.69, 9.17) is 16.3 Å². The van der Waals surface area contributed by atoms with Crippen LogP contribution in [-0.4, -0.2) is 18.1 Å². The number of rotatable bonds is 4. The van der Waals surface area contributed by atoms with Gasteiger partial charge in [0, 0.05) is 10.9 Å². The molecule has 0 spiro atoms. The fraction of sp³-hybridized carbons (Fsp3) is 0.111. The second kappa shape index (κ2) is 7.55. The van der Waals surface area contributed by atoms with Crippen molar-refractivity contribution in [3.63, 3.8) is 0 Å². The Hall–Kier alpha value is -2.57. The van der Waals surface area contributed by atoms with Crippen LogP contribution >= 0.6 is 22.9 Å². The predicted molar refractivity (Wildman–Crippen MR) is 103 cm³/mol. The number of carbonyl (C=O) groups excluding carboxylic acids is 1. The SMILES string of the molecule is COc1ccc(-c2csc(NC(=O)Nc3ccccc3Cl)n2)cc1C. The number of thiazole rings is 1. The van der Waals surface area contributed by atoms with Crippen molar-refractivity contribution in [1.82, 2.24) is 4.98 Å². The average Bonchev–Trinajstić information content (AvgIpc) is 3.05. The third kappa shape index (κ3) is 4.10. The Labute approximate surface area is 154 Å². The maximum Gasteiger partial charge on any atom is 0.325 e. The van der Waals surface area contributed by atoms with Crippen LogP contribution in [0.25, 0.3) is 11.3 Å². The molecule has 2 N–H and O–H groups in total. The van der Waals surface area contributed by atoms with Crippen molar-refractivity contribution in [3.05, 3.63) is 58.4 Å². The summed E-state index contributed by atoms with van der Waals surface area (Å²) in [7, 11) is 1.64. The smallest absolute Gasteiger partial charge is 0.325 e. The largest absolute Gasteiger partial charge is 0.496 e. The van der Waals surface area contributed by atoms with E-state index in [-0.39, 0.29) is 6.03 Å². The summed E-state index contributed by atoms with van der Waals surface area (Å²) in [4.78, 5) is 16.5. The zero-order valence-electron chi connectivity index (χ0n) is 13.7. The van der Waals surface area contributed by atoms with E-state index in [1.54, 1.807) is 31.4 Å². The van der Waals surface area contributed by atoms with Gasteiger partial charge < -0.3 is 10.1 Å². The molecule has 0 aliphatic rings. The fourth-order valence-electron chi connectivity index (χ4n) is 2.31. The van der Waals surface area contributed by atoms with Gasteiger partial charge in [-0.2, -0.15) is 0 Å². The molecule has 0 atom stereocenters. The van der Waals surface area contributed by atoms with E-state index in [1.165, 1.54) is 11.3 Å². The first-order chi connectivity index (χ1) is 12.1. The summed E-state index contributed by atoms with van der Waals surface area (Å²) in [5.41, 5.74) is 3.33. The summed E-state index contributed by atoms with van der Waals surface area (Å²) in [6.45, 7) is 1.98. The standard InChI is InChI=1S/C18H16ClN3O2S/c1-11-9-12(7-8-16(11)24-2)15-10-25-18(21-15)22-17(23)20-14-6-4-3-5-13(14)19/h3-10H,1-2H3,(H2,20,21,22,23). The minimum atomic E-state index is -0.389. The number of nitrogens with one attached hydrogen (secondary N) is 2. The van der Waals surface area contributed by atoms with E-state index in [9.17, 15) is 4.79 Å². The molecule has 7 heteroatoms. The molecule has 0 aliphatic carbocycles. The van der Waals surface area contributed by atoms with Gasteiger partial charge in [-0.3, -0.25) is 5.32 Å². The summed E-state index contributed by atoms with van der Waals surface area (Å²) < 4.78 is 5.27. The highest BCUT2D eigenvalue weighted by atomic mass is 35.5. The van der Waals surface area contributed by atoms with Crippen molar-refractivity contribution in [2.45, 2.75) is 6.92 Å². The number of nitrogens with zero attached hydrogens (tertiary/aromatic N) is 1. The van der Waals surface area contributed by atoms with Gasteiger partial charge in [-0.05, 0) is 42.8 Å². The molecule has 2 amide bonds. The van der Waals surface area contributed by atoms with Gasteiger partial charge in [-0.1, -0.05) is 23.7 Å². The van der Waals surface area contributed by atoms with E-state index >= 15 is 0 Å². The van der Waals surface area contributed by atoms with Crippen LogP contribution in [-0.2, 0) is 0 Å². The third-order valence-electron chi connectivity index (χ3n) is 3.54. The molecular formula is C18H16ClN3O2S. The first-order valence-corrected chi connectivity index (χ1v) is 8.75. The van der Waals surface area contributed by atoms with Crippen molar-refractivity contribution in [3.8, 4) is 17.0 Å². The van der Waals surface area contributed by atoms with Gasteiger partial charge in [-0.25, -0.2) is 9.78 Å². The van der Waals surface area contributed by atoms with Gasteiger partial charge in [0.05, 0.1) is 23.5 Å². The maximum absolute atomic E-state index is 12.1. The molecule has 5 nitrogen and oxygen atoms in total. The number of methoxy groups -OCH3 is 1. The fourth-order valence-corrected chi connectivity index (χ4v) is 3.21. The zero-order chi connectivity index (χ0) is 17.8. The molecule has 128 valence electrons. The number of carbonyl (C=O) groups is 1. The van der Waals surface area contributed by atoms with Crippen molar-refractivity contribution >= 4 is 39.8 Å². The molecule has 2 aromatic carbocycles. The van der Waals surface area contributed by atoms with E-state index in [1.807, 2.05) is 30.5 Å². The van der Waals surface area contributed by atoms with Gasteiger partial charge in [0.15, 0.2) is 5.13 Å². The van der Waals surface area contributed by atoms with Gasteiger partial charge >= 0.3 is 6.03 Å². The first kappa shape index (κ1) is 17.3. The Bertz CT molecular complexity index is 911. The van der Waals surface area contributed by atoms with Crippen LogP contribution < -0.4 is 15.4 Å². The lowest BCUT2D eigenvalue weighted by atomic mass is 10.1. The molecule has 3 rings (SSSR count). The number of amides is 2. The van der Waals surface area contributed by atoms with Crippen molar-refractivity contribution in [1.29, 1.82) is 0 Å². The molecule has 0 aliphatic heterocycles. The van der Waals surface area contributed by atoms with Crippen LogP contribution in [0.1, 0.15) is 5.56 Å². The number of ether oxygens (including phenoxy) is 1. The first-order valence-electron chi connectivity index (χ1n) is 7.50. The molecule has 0 saturated heterocycles. The van der Waals surface area contributed by atoms with Crippen LogP contribution in [0.2, 0.25) is 5.02 Å². The van der Waals surface area contributed by atoms with Gasteiger partial charge in [0.1, 0.15) is 5.75 Å². The van der Waals surface area contributed by atoms with E-state index in [2.05, 4.69) is 15.6 Å². The molecule has 1 aromatic heterocycles. The predicted octanol–water partition coefficient (Wildman–Crippen LogP) is 5.42. The summed E-state index contributed by atoms with van der Waals surface area (Å²) in [6, 6.07) is 12.5. The number of para-hydroxylation sites is 1. The van der Waals surface area contributed by atoms with E-state index < -0.39 is 0 Å². The summed E-state index contributed by atoms with van der Waals surface area (Å²) in [5, 5.41) is 8.30. The average molecular weight is 374 g/mol. The molecule has 0 saturated carbocycles. The highest BCUT2D eigenvalue weighted by Gasteiger charge is 2.10. The Balaban J connectivity index is 1.70. The quantitative estimate of drug-likeness (QED) is 0.641. The van der Waals surface area contributed by atoms with Crippen LogP contribution in [0.15, 0.2) is 47.8 Å². The Kier molecular flexibility index (Phi) is 5.21. The molecule has 0 fully saturated rings. The number of anilines is 2. The highest BCUT2D eigenvalue weighted by Crippen LogP contribution is 2.29. The minimum absolute atomic E-state index is 0.389. The number of aryl methyl sites for hydroxylation is 1. The summed E-state index contributed by atoms with van der Waals surface area (Å²) in [5.74, 6) is 0.830. The molecule has 0 bridgehead atoms. The van der Waals surface area contributed by atoms with Crippen molar-refractivity contribution < 1.29 is 9.53 Å². The lowest BCUT2D eigenvalue weighted by molar-refractivity contribution is 0.262. The lowest BCUT2D eigenvalue weighted by Gasteiger charge is -2.07. The number of aromatic nitrogens is 1. The molecule has 0 radical (unpaired) electrons. The summed E-state index contributed by atoms with van der Waals surface area (Å²) in [6.07, 6.45) is 0. The normalized spacial score (nSPS) is 10.4. The van der Waals surface area contributed by atoms with Crippen LogP contribution in [0.3, 0.4) is 0 Å². The van der Waals surface area contributed by atoms with Gasteiger partial charge in [-0.15, -0.1) is 11.3 Å². The van der Waals surface area contributed by atoms with Crippen LogP contribution in [0.5, 0.6) is 5.75 Å². The van der Waals surface area contributed by atoms with E-state index in [0.717, 1.165) is 22.6 Å². The highest BCUT2D eigenvalue weighted by molar-refractivity contribution is 7.14. The second-order valence-electron chi connectivity index (χ2n) is 5.28. The Morgan fingerprint density at radius 2 is 2.00 bits per heavy atom. The topological polar surface area (TPSA) is 63.2 Å². The molecule has 0 unspecified atom stereocenters. The maximum atomic E-state index is 12.1. The van der Waals surface area contributed by atoms with Crippen molar-refractivity contribution in [2.24, 2.45) is 0 Å². The Morgan fingerprint density at radius 3 is 2.72 bits per heavy atom. The molecule has 25 heavy (non-hydrogen) atoms. The Morgan fingerprint density at radius 1 is 1.20 bits per heavy atom. The molecular weight excluding hydrogens is 358 g/mol. The molecule has 3 aromatic rings. The number of hydrogen-bond donors (Lipinski definition) is 2. The second-order valence-corrected chi connectivity index (χ2v) is 6.55. The summed E-state index contributed by atoms with van der Waals surface area (Å²) >= 11 is 7.39. The number of benzene rings is 2. The monoisotopic (exact) mass is 373 g/mol. The number of urea groups is 1. The zero-order valence-corrected chi connectivity index (χ0v) is 15.2. The van der Waals surface area contributed by atoms with Gasteiger partial charge in [0.2, 0.25) is 0 Å².